The van der Waals surface area contributed by atoms with Gasteiger partial charge in [0.05, 0.1) is 19.9 Å². The number of carboxylic acids is 1. The van der Waals surface area contributed by atoms with Crippen molar-refractivity contribution in [3.63, 3.8) is 0 Å². The third-order valence-corrected chi connectivity index (χ3v) is 7.53. The molecular weight excluding hydrogens is 578 g/mol. The van der Waals surface area contributed by atoms with Crippen molar-refractivity contribution in [3.8, 4) is 11.5 Å². The first kappa shape index (κ1) is 32.0. The number of methoxy groups -OCH3 is 2. The van der Waals surface area contributed by atoms with E-state index in [-0.39, 0.29) is 30.8 Å². The van der Waals surface area contributed by atoms with Crippen molar-refractivity contribution in [2.24, 2.45) is 5.41 Å². The summed E-state index contributed by atoms with van der Waals surface area (Å²) in [5.41, 5.74) is 1.11. The smallest absolute Gasteiger partial charge is 0.339 e. The molecule has 0 bridgehead atoms. The van der Waals surface area contributed by atoms with E-state index in [0.29, 0.717) is 52.7 Å². The Morgan fingerprint density at radius 2 is 1.95 bits per heavy atom. The number of aliphatic hydroxyl groups is 1. The Morgan fingerprint density at radius 3 is 2.60 bits per heavy atom. The molecule has 1 amide bonds. The maximum atomic E-state index is 14.4. The maximum absolute atomic E-state index is 14.4. The van der Waals surface area contributed by atoms with Crippen molar-refractivity contribution in [3.05, 3.63) is 70.0 Å². The monoisotopic (exact) mass is 613 g/mol. The fraction of sp³-hybridized carbons (Fsp3) is 0.419. The zero-order chi connectivity index (χ0) is 31.3. The number of hydrogen-bond acceptors (Lipinski definition) is 8. The molecule has 1 aliphatic heterocycles. The number of hydrogen-bond donors (Lipinski definition) is 2. The lowest BCUT2D eigenvalue weighted by molar-refractivity contribution is -0.132. The average Bonchev–Trinajstić information content (AvgIpc) is 3.36. The minimum Gasteiger partial charge on any atom is -0.493 e. The van der Waals surface area contributed by atoms with Crippen LogP contribution in [0.5, 0.6) is 11.5 Å². The van der Waals surface area contributed by atoms with Gasteiger partial charge in [-0.1, -0.05) is 37.6 Å². The van der Waals surface area contributed by atoms with Crippen molar-refractivity contribution in [2.75, 3.05) is 32.3 Å². The number of para-hydroxylation sites is 1. The summed E-state index contributed by atoms with van der Waals surface area (Å²) in [5.74, 6) is -0.764. The molecule has 230 valence electrons. The van der Waals surface area contributed by atoms with Crippen LogP contribution in [0.2, 0.25) is 5.02 Å². The number of aryl methyl sites for hydroxylation is 1. The highest BCUT2D eigenvalue weighted by Gasteiger charge is 2.40. The lowest BCUT2D eigenvalue weighted by atomic mass is 9.92. The Kier molecular flexibility index (Phi) is 10.1. The highest BCUT2D eigenvalue weighted by atomic mass is 35.5. The third-order valence-electron chi connectivity index (χ3n) is 7.29. The Bertz CT molecular complexity index is 1490. The number of aromatic nitrogens is 2. The lowest BCUT2D eigenvalue weighted by Crippen LogP contribution is -2.46. The number of halogens is 1. The normalized spacial score (nSPS) is 16.9. The third kappa shape index (κ3) is 7.01. The molecular formula is C31H36ClN3O8. The van der Waals surface area contributed by atoms with Crippen molar-refractivity contribution >= 4 is 35.5 Å². The van der Waals surface area contributed by atoms with Crippen LogP contribution in [0, 0.1) is 5.41 Å². The second-order valence-corrected chi connectivity index (χ2v) is 11.5. The van der Waals surface area contributed by atoms with Gasteiger partial charge in [0, 0.05) is 66.0 Å². The molecule has 0 aliphatic carbocycles. The Morgan fingerprint density at radius 1 is 1.19 bits per heavy atom. The number of amides is 1. The molecule has 11 nitrogen and oxygen atoms in total. The zero-order valence-corrected chi connectivity index (χ0v) is 25.3. The quantitative estimate of drug-likeness (QED) is 0.213. The molecule has 1 aromatic heterocycles. The number of benzene rings is 2. The van der Waals surface area contributed by atoms with E-state index in [9.17, 15) is 24.6 Å². The standard InChI is InChI=1S/C31H36ClN3O8/c1-31(2,18-37)17-35-24-11-10-19(32)14-21(24)27(20-8-7-9-25(41-3)28(20)42-4)43-26(29(35)38)15-23-22(30(39)40)16-34(33-23)12-5-6-13-36/h7-11,13-14,16,26-27,37H,5-6,12,15,17-18H2,1-4H3,(H,39,40)/t26-,27-/m1/s1. The molecule has 1 aliphatic rings. The van der Waals surface area contributed by atoms with E-state index < -0.39 is 29.5 Å². The number of nitrogens with zero attached hydrogens (tertiary/aromatic N) is 3. The van der Waals surface area contributed by atoms with E-state index in [0.717, 1.165) is 6.29 Å². The van der Waals surface area contributed by atoms with E-state index in [1.54, 1.807) is 41.3 Å². The van der Waals surface area contributed by atoms with Crippen LogP contribution < -0.4 is 14.4 Å². The summed E-state index contributed by atoms with van der Waals surface area (Å²) in [6.45, 7) is 3.96. The summed E-state index contributed by atoms with van der Waals surface area (Å²) >= 11 is 6.48. The SMILES string of the molecule is COc1cccc([C@H]2O[C@H](Cc3nn(CCCC=O)cc3C(=O)O)C(=O)N(CC(C)(C)CO)c3ccc(Cl)cc32)c1OC. The number of carbonyl (C=O) groups is 3. The van der Waals surface area contributed by atoms with Gasteiger partial charge < -0.3 is 34.1 Å². The van der Waals surface area contributed by atoms with Gasteiger partial charge in [-0.15, -0.1) is 0 Å². The van der Waals surface area contributed by atoms with Crippen molar-refractivity contribution in [1.29, 1.82) is 0 Å². The van der Waals surface area contributed by atoms with Crippen LogP contribution in [0.3, 0.4) is 0 Å². The van der Waals surface area contributed by atoms with E-state index in [1.807, 2.05) is 13.8 Å². The number of anilines is 1. The molecule has 0 saturated carbocycles. The van der Waals surface area contributed by atoms with Gasteiger partial charge in [0.2, 0.25) is 0 Å². The minimum absolute atomic E-state index is 0.0648. The van der Waals surface area contributed by atoms with Gasteiger partial charge in [0.1, 0.15) is 24.1 Å². The molecule has 3 aromatic rings. The highest BCUT2D eigenvalue weighted by Crippen LogP contribution is 2.45. The molecule has 0 unspecified atom stereocenters. The molecule has 0 radical (unpaired) electrons. The number of rotatable bonds is 13. The molecule has 0 fully saturated rings. The molecule has 4 rings (SSSR count). The van der Waals surface area contributed by atoms with Gasteiger partial charge in [-0.3, -0.25) is 9.48 Å². The van der Waals surface area contributed by atoms with Crippen LogP contribution in [0.15, 0.2) is 42.6 Å². The lowest BCUT2D eigenvalue weighted by Gasteiger charge is -2.32. The molecule has 0 saturated heterocycles. The largest absolute Gasteiger partial charge is 0.493 e. The highest BCUT2D eigenvalue weighted by molar-refractivity contribution is 6.30. The van der Waals surface area contributed by atoms with Gasteiger partial charge in [-0.05, 0) is 30.7 Å². The molecule has 43 heavy (non-hydrogen) atoms. The fourth-order valence-corrected chi connectivity index (χ4v) is 5.30. The Labute approximate surface area is 254 Å². The Hall–Kier alpha value is -3.93. The first-order valence-electron chi connectivity index (χ1n) is 13.8. The summed E-state index contributed by atoms with van der Waals surface area (Å²) < 4.78 is 19.3. The number of ether oxygens (including phenoxy) is 3. The van der Waals surface area contributed by atoms with Crippen LogP contribution in [-0.4, -0.2) is 71.6 Å². The molecule has 2 N–H and O–H groups in total. The number of aldehydes is 1. The van der Waals surface area contributed by atoms with E-state index in [2.05, 4.69) is 5.10 Å². The molecule has 2 atom stereocenters. The predicted octanol–water partition coefficient (Wildman–Crippen LogP) is 4.31. The van der Waals surface area contributed by atoms with Crippen LogP contribution >= 0.6 is 11.6 Å². The molecule has 2 aromatic carbocycles. The number of fused-ring (bicyclic) bond motifs is 1. The van der Waals surface area contributed by atoms with Crippen molar-refractivity contribution < 1.29 is 38.8 Å². The summed E-state index contributed by atoms with van der Waals surface area (Å²) in [5, 5.41) is 24.9. The number of carboxylic acid groups (broad SMARTS) is 1. The topological polar surface area (TPSA) is 140 Å². The molecule has 2 heterocycles. The summed E-state index contributed by atoms with van der Waals surface area (Å²) in [7, 11) is 3.02. The first-order chi connectivity index (χ1) is 20.5. The zero-order valence-electron chi connectivity index (χ0n) is 24.6. The number of unbranched alkanes of at least 4 members (excludes halogenated alkanes) is 1. The van der Waals surface area contributed by atoms with Gasteiger partial charge in [-0.25, -0.2) is 4.79 Å². The minimum atomic E-state index is -1.20. The summed E-state index contributed by atoms with van der Waals surface area (Å²) in [6.07, 6.45) is 0.772. The van der Waals surface area contributed by atoms with Crippen LogP contribution in [-0.2, 0) is 27.3 Å². The van der Waals surface area contributed by atoms with E-state index in [1.165, 1.54) is 25.1 Å². The maximum Gasteiger partial charge on any atom is 0.339 e. The summed E-state index contributed by atoms with van der Waals surface area (Å²) in [6, 6.07) is 10.5. The molecule has 0 spiro atoms. The fourth-order valence-electron chi connectivity index (χ4n) is 5.12. The second-order valence-electron chi connectivity index (χ2n) is 11.1. The number of carbonyl (C=O) groups excluding carboxylic acids is 2. The van der Waals surface area contributed by atoms with Gasteiger partial charge >= 0.3 is 5.97 Å². The number of aromatic carboxylic acids is 1. The van der Waals surface area contributed by atoms with Crippen LogP contribution in [0.4, 0.5) is 5.69 Å². The summed E-state index contributed by atoms with van der Waals surface area (Å²) in [4.78, 5) is 38.9. The van der Waals surface area contributed by atoms with E-state index >= 15 is 0 Å². The van der Waals surface area contributed by atoms with Crippen molar-refractivity contribution in [1.82, 2.24) is 9.78 Å². The number of aliphatic hydroxyl groups excluding tert-OH is 1. The van der Waals surface area contributed by atoms with Gasteiger partial charge in [0.25, 0.3) is 5.91 Å². The Balaban J connectivity index is 1.88. The van der Waals surface area contributed by atoms with E-state index in [4.69, 9.17) is 25.8 Å². The average molecular weight is 614 g/mol. The second kappa shape index (κ2) is 13.6. The van der Waals surface area contributed by atoms with Gasteiger partial charge in [-0.2, -0.15) is 5.10 Å². The van der Waals surface area contributed by atoms with Crippen molar-refractivity contribution in [2.45, 2.75) is 51.9 Å². The first-order valence-corrected chi connectivity index (χ1v) is 14.2. The van der Waals surface area contributed by atoms with Gasteiger partial charge in [0.15, 0.2) is 11.5 Å². The predicted molar refractivity (Wildman–Crippen MR) is 159 cm³/mol. The van der Waals surface area contributed by atoms with Crippen LogP contribution in [0.25, 0.3) is 0 Å². The van der Waals surface area contributed by atoms with Crippen LogP contribution in [0.1, 0.15) is 60.0 Å². The molecule has 12 heteroatoms.